The SMILES string of the molecule is COCCOCn1ccnc1C1CCN(C(=O)C(=O)c2ccc([N+](=O)[O-])cc2)CC1. The molecule has 0 atom stereocenters. The van der Waals surface area contributed by atoms with E-state index in [1.54, 1.807) is 13.3 Å². The normalized spacial score (nSPS) is 14.6. The Balaban J connectivity index is 1.55. The number of likely N-dealkylation sites (tertiary alicyclic amines) is 1. The molecule has 1 aliphatic rings. The van der Waals surface area contributed by atoms with Crippen molar-refractivity contribution in [2.75, 3.05) is 33.4 Å². The maximum Gasteiger partial charge on any atom is 0.294 e. The molecule has 1 aromatic heterocycles. The number of aromatic nitrogens is 2. The Morgan fingerprint density at radius 1 is 1.20 bits per heavy atom. The van der Waals surface area contributed by atoms with Gasteiger partial charge in [0.2, 0.25) is 5.78 Å². The number of non-ortho nitro benzene ring substituents is 1. The number of amides is 1. The fourth-order valence-electron chi connectivity index (χ4n) is 3.44. The number of imidazole rings is 1. The molecule has 10 heteroatoms. The van der Waals surface area contributed by atoms with Gasteiger partial charge < -0.3 is 18.9 Å². The van der Waals surface area contributed by atoms with E-state index in [2.05, 4.69) is 4.98 Å². The third-order valence-corrected chi connectivity index (χ3v) is 5.09. The first-order valence-electron chi connectivity index (χ1n) is 9.67. The van der Waals surface area contributed by atoms with Crippen LogP contribution < -0.4 is 0 Å². The quantitative estimate of drug-likeness (QED) is 0.202. The summed E-state index contributed by atoms with van der Waals surface area (Å²) >= 11 is 0. The van der Waals surface area contributed by atoms with E-state index in [0.29, 0.717) is 45.9 Å². The number of rotatable bonds is 9. The van der Waals surface area contributed by atoms with Crippen LogP contribution in [-0.2, 0) is 21.0 Å². The topological polar surface area (TPSA) is 117 Å². The van der Waals surface area contributed by atoms with Gasteiger partial charge in [-0.3, -0.25) is 19.7 Å². The van der Waals surface area contributed by atoms with Gasteiger partial charge >= 0.3 is 0 Å². The van der Waals surface area contributed by atoms with Gasteiger partial charge in [0.15, 0.2) is 0 Å². The molecule has 0 bridgehead atoms. The maximum atomic E-state index is 12.6. The summed E-state index contributed by atoms with van der Waals surface area (Å²) in [6, 6.07) is 5.07. The predicted molar refractivity (Wildman–Crippen MR) is 106 cm³/mol. The van der Waals surface area contributed by atoms with Gasteiger partial charge in [0.05, 0.1) is 18.1 Å². The van der Waals surface area contributed by atoms with E-state index in [9.17, 15) is 19.7 Å². The van der Waals surface area contributed by atoms with Crippen LogP contribution in [0.15, 0.2) is 36.7 Å². The summed E-state index contributed by atoms with van der Waals surface area (Å²) in [4.78, 5) is 41.2. The van der Waals surface area contributed by atoms with Crippen molar-refractivity contribution in [3.8, 4) is 0 Å². The van der Waals surface area contributed by atoms with Gasteiger partial charge in [-0.1, -0.05) is 0 Å². The molecule has 0 aliphatic carbocycles. The highest BCUT2D eigenvalue weighted by Crippen LogP contribution is 2.27. The van der Waals surface area contributed by atoms with Gasteiger partial charge in [-0.15, -0.1) is 0 Å². The average molecular weight is 416 g/mol. The molecule has 0 unspecified atom stereocenters. The number of nitrogens with zero attached hydrogens (tertiary/aromatic N) is 4. The lowest BCUT2D eigenvalue weighted by Crippen LogP contribution is -2.42. The smallest absolute Gasteiger partial charge is 0.294 e. The van der Waals surface area contributed by atoms with E-state index >= 15 is 0 Å². The number of Topliss-reactive ketones (excluding diaryl/α,β-unsaturated/α-hetero) is 1. The summed E-state index contributed by atoms with van der Waals surface area (Å²) < 4.78 is 12.5. The van der Waals surface area contributed by atoms with Crippen molar-refractivity contribution in [1.82, 2.24) is 14.5 Å². The highest BCUT2D eigenvalue weighted by molar-refractivity contribution is 6.42. The van der Waals surface area contributed by atoms with Crippen LogP contribution >= 0.6 is 0 Å². The van der Waals surface area contributed by atoms with Crippen LogP contribution in [0, 0.1) is 10.1 Å². The molecule has 0 saturated carbocycles. The average Bonchev–Trinajstić information content (AvgIpc) is 3.24. The van der Waals surface area contributed by atoms with E-state index in [1.165, 1.54) is 29.2 Å². The van der Waals surface area contributed by atoms with Crippen LogP contribution in [0.2, 0.25) is 0 Å². The van der Waals surface area contributed by atoms with Gasteiger partial charge in [-0.05, 0) is 25.0 Å². The molecule has 2 heterocycles. The fraction of sp³-hybridized carbons (Fsp3) is 0.450. The first kappa shape index (κ1) is 21.6. The van der Waals surface area contributed by atoms with Crippen LogP contribution in [0.4, 0.5) is 5.69 Å². The second-order valence-corrected chi connectivity index (χ2v) is 6.98. The van der Waals surface area contributed by atoms with Crippen LogP contribution in [0.5, 0.6) is 0 Å². The van der Waals surface area contributed by atoms with Crippen molar-refractivity contribution in [3.63, 3.8) is 0 Å². The Kier molecular flexibility index (Phi) is 7.26. The number of carbonyl (C=O) groups is 2. The number of carbonyl (C=O) groups excluding carboxylic acids is 2. The van der Waals surface area contributed by atoms with Crippen molar-refractivity contribution < 1.29 is 24.0 Å². The molecule has 30 heavy (non-hydrogen) atoms. The van der Waals surface area contributed by atoms with Gasteiger partial charge in [0, 0.05) is 56.2 Å². The van der Waals surface area contributed by atoms with E-state index in [1.807, 2.05) is 10.8 Å². The number of nitro benzene ring substituents is 1. The van der Waals surface area contributed by atoms with Crippen LogP contribution in [0.3, 0.4) is 0 Å². The molecule has 0 radical (unpaired) electrons. The van der Waals surface area contributed by atoms with E-state index < -0.39 is 16.6 Å². The molecule has 0 spiro atoms. The Bertz CT molecular complexity index is 887. The van der Waals surface area contributed by atoms with Crippen LogP contribution in [0.25, 0.3) is 0 Å². The van der Waals surface area contributed by atoms with Crippen molar-refractivity contribution in [3.05, 3.63) is 58.2 Å². The second-order valence-electron chi connectivity index (χ2n) is 6.98. The Morgan fingerprint density at radius 3 is 2.53 bits per heavy atom. The summed E-state index contributed by atoms with van der Waals surface area (Å²) in [6.07, 6.45) is 4.96. The fourth-order valence-corrected chi connectivity index (χ4v) is 3.44. The number of hydrogen-bond acceptors (Lipinski definition) is 7. The van der Waals surface area contributed by atoms with Crippen LogP contribution in [0.1, 0.15) is 34.9 Å². The maximum absolute atomic E-state index is 12.6. The molecular weight excluding hydrogens is 392 g/mol. The molecule has 0 N–H and O–H groups in total. The Labute approximate surface area is 173 Å². The molecule has 1 saturated heterocycles. The first-order chi connectivity index (χ1) is 14.5. The van der Waals surface area contributed by atoms with Crippen molar-refractivity contribution in [2.24, 2.45) is 0 Å². The zero-order chi connectivity index (χ0) is 21.5. The summed E-state index contributed by atoms with van der Waals surface area (Å²) in [6.45, 7) is 2.29. The van der Waals surface area contributed by atoms with E-state index in [4.69, 9.17) is 9.47 Å². The third kappa shape index (κ3) is 5.08. The number of hydrogen-bond donors (Lipinski definition) is 0. The Morgan fingerprint density at radius 2 is 1.90 bits per heavy atom. The monoisotopic (exact) mass is 416 g/mol. The molecule has 160 valence electrons. The lowest BCUT2D eigenvalue weighted by molar-refractivity contribution is -0.384. The molecular formula is C20H24N4O6. The summed E-state index contributed by atoms with van der Waals surface area (Å²) in [5.74, 6) is -0.171. The summed E-state index contributed by atoms with van der Waals surface area (Å²) in [5, 5.41) is 10.7. The minimum Gasteiger partial charge on any atom is -0.382 e. The molecule has 2 aromatic rings. The van der Waals surface area contributed by atoms with Crippen molar-refractivity contribution in [2.45, 2.75) is 25.5 Å². The standard InChI is InChI=1S/C20H24N4O6/c1-29-12-13-30-14-23-11-8-21-19(23)16-6-9-22(10-7-16)20(26)18(25)15-2-4-17(5-3-15)24(27)28/h2-5,8,11,16H,6-7,9-10,12-14H2,1H3. The zero-order valence-electron chi connectivity index (χ0n) is 16.7. The lowest BCUT2D eigenvalue weighted by Gasteiger charge is -2.31. The third-order valence-electron chi connectivity index (χ3n) is 5.09. The summed E-state index contributed by atoms with van der Waals surface area (Å²) in [7, 11) is 1.62. The molecule has 3 rings (SSSR count). The second kappa shape index (κ2) is 10.1. The number of ketones is 1. The highest BCUT2D eigenvalue weighted by Gasteiger charge is 2.30. The predicted octanol–water partition coefficient (Wildman–Crippen LogP) is 2.00. The molecule has 1 aliphatic heterocycles. The minimum atomic E-state index is -0.656. The van der Waals surface area contributed by atoms with Crippen molar-refractivity contribution in [1.29, 1.82) is 0 Å². The number of ether oxygens (including phenoxy) is 2. The molecule has 1 fully saturated rings. The van der Waals surface area contributed by atoms with E-state index in [-0.39, 0.29) is 17.2 Å². The zero-order valence-corrected chi connectivity index (χ0v) is 16.7. The number of piperidine rings is 1. The van der Waals surface area contributed by atoms with Gasteiger partial charge in [-0.25, -0.2) is 4.98 Å². The van der Waals surface area contributed by atoms with Gasteiger partial charge in [0.25, 0.3) is 11.6 Å². The van der Waals surface area contributed by atoms with Crippen molar-refractivity contribution >= 4 is 17.4 Å². The molecule has 1 aromatic carbocycles. The molecule has 10 nitrogen and oxygen atoms in total. The number of methoxy groups -OCH3 is 1. The largest absolute Gasteiger partial charge is 0.382 e. The minimum absolute atomic E-state index is 0.124. The van der Waals surface area contributed by atoms with E-state index in [0.717, 1.165) is 5.82 Å². The number of benzene rings is 1. The van der Waals surface area contributed by atoms with Gasteiger partial charge in [0.1, 0.15) is 12.6 Å². The lowest BCUT2D eigenvalue weighted by atomic mass is 9.95. The highest BCUT2D eigenvalue weighted by atomic mass is 16.6. The van der Waals surface area contributed by atoms with Gasteiger partial charge in [-0.2, -0.15) is 0 Å². The first-order valence-corrected chi connectivity index (χ1v) is 9.67. The Hall–Kier alpha value is -3.11. The molecule has 1 amide bonds. The summed E-state index contributed by atoms with van der Waals surface area (Å²) in [5.41, 5.74) is 0.0259. The van der Waals surface area contributed by atoms with Crippen LogP contribution in [-0.4, -0.2) is 64.5 Å². The number of nitro groups is 1.